The van der Waals surface area contributed by atoms with E-state index in [1.165, 1.54) is 5.56 Å². The first-order chi connectivity index (χ1) is 12.3. The number of thiazole rings is 1. The summed E-state index contributed by atoms with van der Waals surface area (Å²) >= 11 is 1.62. The van der Waals surface area contributed by atoms with Gasteiger partial charge in [-0.2, -0.15) is 0 Å². The topological polar surface area (TPSA) is 54.9 Å². The Labute approximate surface area is 152 Å². The maximum absolute atomic E-state index is 12.0. The number of aryl methyl sites for hydroxylation is 2. The van der Waals surface area contributed by atoms with Gasteiger partial charge in [-0.15, -0.1) is 11.3 Å². The Bertz CT molecular complexity index is 787. The van der Waals surface area contributed by atoms with Crippen LogP contribution in [0.2, 0.25) is 0 Å². The van der Waals surface area contributed by atoms with E-state index in [-0.39, 0.29) is 5.91 Å². The second-order valence-corrected chi connectivity index (χ2v) is 6.68. The fraction of sp³-hybridized carbons (Fsp3) is 0.250. The molecule has 0 radical (unpaired) electrons. The number of hydrogen-bond donors (Lipinski definition) is 1. The standard InChI is InChI=1S/C20H21N3OS/c24-19(22-13-5-7-16-6-4-12-21-14-16)11-10-18-15-25-20(23-18)17-8-2-1-3-9-17/h1-4,6,8-9,12,14-15H,5,7,10-11,13H2,(H,22,24). The van der Waals surface area contributed by atoms with Crippen molar-refractivity contribution in [2.24, 2.45) is 0 Å². The van der Waals surface area contributed by atoms with E-state index in [4.69, 9.17) is 0 Å². The van der Waals surface area contributed by atoms with E-state index >= 15 is 0 Å². The van der Waals surface area contributed by atoms with Crippen molar-refractivity contribution in [2.75, 3.05) is 6.54 Å². The number of carbonyl (C=O) groups is 1. The predicted molar refractivity (Wildman–Crippen MR) is 101 cm³/mol. The first-order valence-electron chi connectivity index (χ1n) is 8.47. The summed E-state index contributed by atoms with van der Waals surface area (Å²) in [4.78, 5) is 20.7. The SMILES string of the molecule is O=C(CCc1csc(-c2ccccc2)n1)NCCCc1cccnc1. The van der Waals surface area contributed by atoms with Gasteiger partial charge in [-0.1, -0.05) is 36.4 Å². The number of hydrogen-bond acceptors (Lipinski definition) is 4. The van der Waals surface area contributed by atoms with Crippen molar-refractivity contribution >= 4 is 17.2 Å². The van der Waals surface area contributed by atoms with Gasteiger partial charge in [-0.3, -0.25) is 9.78 Å². The number of nitrogens with zero attached hydrogens (tertiary/aromatic N) is 2. The molecule has 1 N–H and O–H groups in total. The number of nitrogens with one attached hydrogen (secondary N) is 1. The molecule has 0 bridgehead atoms. The molecule has 0 unspecified atom stereocenters. The van der Waals surface area contributed by atoms with Crippen molar-refractivity contribution in [3.63, 3.8) is 0 Å². The van der Waals surface area contributed by atoms with Crippen LogP contribution < -0.4 is 5.32 Å². The number of benzene rings is 1. The zero-order valence-corrected chi connectivity index (χ0v) is 14.8. The molecule has 3 aromatic rings. The number of aromatic nitrogens is 2. The summed E-state index contributed by atoms with van der Waals surface area (Å²) in [6.07, 6.45) is 6.65. The molecule has 2 aromatic heterocycles. The third-order valence-corrected chi connectivity index (χ3v) is 4.81. The first kappa shape index (κ1) is 17.3. The lowest BCUT2D eigenvalue weighted by Crippen LogP contribution is -2.25. The van der Waals surface area contributed by atoms with Gasteiger partial charge < -0.3 is 5.32 Å². The Balaban J connectivity index is 1.37. The lowest BCUT2D eigenvalue weighted by molar-refractivity contribution is -0.121. The van der Waals surface area contributed by atoms with E-state index in [9.17, 15) is 4.79 Å². The van der Waals surface area contributed by atoms with Gasteiger partial charge in [0, 0.05) is 36.3 Å². The average molecular weight is 351 g/mol. The van der Waals surface area contributed by atoms with Crippen LogP contribution >= 0.6 is 11.3 Å². The number of rotatable bonds is 8. The number of pyridine rings is 1. The molecule has 128 valence electrons. The summed E-state index contributed by atoms with van der Waals surface area (Å²) in [5, 5.41) is 6.02. The average Bonchev–Trinajstić information content (AvgIpc) is 3.14. The summed E-state index contributed by atoms with van der Waals surface area (Å²) in [5.74, 6) is 0.0837. The highest BCUT2D eigenvalue weighted by atomic mass is 32.1. The molecule has 0 saturated heterocycles. The van der Waals surface area contributed by atoms with Crippen molar-refractivity contribution in [1.82, 2.24) is 15.3 Å². The fourth-order valence-electron chi connectivity index (χ4n) is 2.53. The van der Waals surface area contributed by atoms with Crippen LogP contribution in [0, 0.1) is 0 Å². The number of amides is 1. The van der Waals surface area contributed by atoms with Gasteiger partial charge in [0.05, 0.1) is 5.69 Å². The minimum atomic E-state index is 0.0837. The van der Waals surface area contributed by atoms with Crippen molar-refractivity contribution in [1.29, 1.82) is 0 Å². The Morgan fingerprint density at radius 1 is 1.08 bits per heavy atom. The maximum Gasteiger partial charge on any atom is 0.220 e. The van der Waals surface area contributed by atoms with Crippen LogP contribution in [-0.4, -0.2) is 22.4 Å². The molecule has 2 heterocycles. The quantitative estimate of drug-likeness (QED) is 0.627. The third-order valence-electron chi connectivity index (χ3n) is 3.87. The molecule has 5 heteroatoms. The molecule has 1 aromatic carbocycles. The molecule has 3 rings (SSSR count). The molecule has 0 aliphatic heterocycles. The van der Waals surface area contributed by atoms with Gasteiger partial charge >= 0.3 is 0 Å². The van der Waals surface area contributed by atoms with E-state index in [0.717, 1.165) is 29.1 Å². The molecule has 0 spiro atoms. The third kappa shape index (κ3) is 5.50. The van der Waals surface area contributed by atoms with Crippen molar-refractivity contribution < 1.29 is 4.79 Å². The summed E-state index contributed by atoms with van der Waals surface area (Å²) in [6, 6.07) is 14.1. The predicted octanol–water partition coefficient (Wildman–Crippen LogP) is 3.89. The molecular formula is C20H21N3OS. The first-order valence-corrected chi connectivity index (χ1v) is 9.34. The van der Waals surface area contributed by atoms with Crippen LogP contribution in [0.25, 0.3) is 10.6 Å². The van der Waals surface area contributed by atoms with Crippen LogP contribution in [0.3, 0.4) is 0 Å². The molecule has 0 aliphatic carbocycles. The van der Waals surface area contributed by atoms with E-state index in [1.807, 2.05) is 35.8 Å². The Hall–Kier alpha value is -2.53. The smallest absolute Gasteiger partial charge is 0.220 e. The molecular weight excluding hydrogens is 330 g/mol. The van der Waals surface area contributed by atoms with E-state index in [1.54, 1.807) is 17.5 Å². The van der Waals surface area contributed by atoms with Crippen molar-refractivity contribution in [2.45, 2.75) is 25.7 Å². The van der Waals surface area contributed by atoms with Gasteiger partial charge in [0.15, 0.2) is 0 Å². The molecule has 0 atom stereocenters. The Morgan fingerprint density at radius 2 is 1.96 bits per heavy atom. The lowest BCUT2D eigenvalue weighted by atomic mass is 10.1. The van der Waals surface area contributed by atoms with E-state index < -0.39 is 0 Å². The maximum atomic E-state index is 12.0. The highest BCUT2D eigenvalue weighted by Gasteiger charge is 2.07. The second-order valence-electron chi connectivity index (χ2n) is 5.82. The van der Waals surface area contributed by atoms with Crippen LogP contribution in [0.4, 0.5) is 0 Å². The van der Waals surface area contributed by atoms with Gasteiger partial charge in [0.2, 0.25) is 5.91 Å². The Morgan fingerprint density at radius 3 is 2.76 bits per heavy atom. The highest BCUT2D eigenvalue weighted by molar-refractivity contribution is 7.13. The van der Waals surface area contributed by atoms with Crippen LogP contribution in [0.5, 0.6) is 0 Å². The van der Waals surface area contributed by atoms with E-state index in [0.29, 0.717) is 19.4 Å². The minimum absolute atomic E-state index is 0.0837. The zero-order valence-electron chi connectivity index (χ0n) is 14.0. The van der Waals surface area contributed by atoms with Crippen LogP contribution in [-0.2, 0) is 17.6 Å². The minimum Gasteiger partial charge on any atom is -0.356 e. The second kappa shape index (κ2) is 9.08. The van der Waals surface area contributed by atoms with Crippen molar-refractivity contribution in [3.05, 3.63) is 71.5 Å². The fourth-order valence-corrected chi connectivity index (χ4v) is 3.39. The largest absolute Gasteiger partial charge is 0.356 e. The Kier molecular flexibility index (Phi) is 6.29. The molecule has 0 aliphatic rings. The van der Waals surface area contributed by atoms with Gasteiger partial charge in [-0.25, -0.2) is 4.98 Å². The molecule has 1 amide bonds. The monoisotopic (exact) mass is 351 g/mol. The zero-order chi connectivity index (χ0) is 17.3. The van der Waals surface area contributed by atoms with E-state index in [2.05, 4.69) is 33.5 Å². The molecule has 0 fully saturated rings. The van der Waals surface area contributed by atoms with Gasteiger partial charge in [0.25, 0.3) is 0 Å². The molecule has 0 saturated carbocycles. The van der Waals surface area contributed by atoms with Crippen LogP contribution in [0.1, 0.15) is 24.1 Å². The number of carbonyl (C=O) groups excluding carboxylic acids is 1. The highest BCUT2D eigenvalue weighted by Crippen LogP contribution is 2.23. The van der Waals surface area contributed by atoms with Crippen molar-refractivity contribution in [3.8, 4) is 10.6 Å². The molecule has 4 nitrogen and oxygen atoms in total. The lowest BCUT2D eigenvalue weighted by Gasteiger charge is -2.04. The summed E-state index contributed by atoms with van der Waals surface area (Å²) < 4.78 is 0. The molecule has 25 heavy (non-hydrogen) atoms. The van der Waals surface area contributed by atoms with Crippen LogP contribution in [0.15, 0.2) is 60.2 Å². The van der Waals surface area contributed by atoms with Gasteiger partial charge in [-0.05, 0) is 30.9 Å². The van der Waals surface area contributed by atoms with Gasteiger partial charge in [0.1, 0.15) is 5.01 Å². The summed E-state index contributed by atoms with van der Waals surface area (Å²) in [5.41, 5.74) is 3.31. The normalized spacial score (nSPS) is 10.6. The summed E-state index contributed by atoms with van der Waals surface area (Å²) in [6.45, 7) is 0.695. The summed E-state index contributed by atoms with van der Waals surface area (Å²) in [7, 11) is 0.